The number of aliphatic imine (C=N–C) groups is 1. The van der Waals surface area contributed by atoms with Crippen LogP contribution < -0.4 is 10.1 Å². The van der Waals surface area contributed by atoms with Crippen LogP contribution in [0.15, 0.2) is 59.1 Å². The Labute approximate surface area is 175 Å². The summed E-state index contributed by atoms with van der Waals surface area (Å²) in [6, 6.07) is 10.3. The van der Waals surface area contributed by atoms with E-state index in [9.17, 15) is 4.39 Å². The van der Waals surface area contributed by atoms with Crippen LogP contribution in [0.25, 0.3) is 27.7 Å². The van der Waals surface area contributed by atoms with Crippen molar-refractivity contribution in [3.8, 4) is 16.9 Å². The van der Waals surface area contributed by atoms with E-state index in [1.54, 1.807) is 12.1 Å². The highest BCUT2D eigenvalue weighted by Gasteiger charge is 2.16. The Morgan fingerprint density at radius 1 is 1.07 bits per heavy atom. The van der Waals surface area contributed by atoms with E-state index in [2.05, 4.69) is 17.2 Å². The molecular weight excluding hydrogens is 379 g/mol. The molecule has 0 bridgehead atoms. The largest absolute Gasteiger partial charge is 0.492 e. The minimum Gasteiger partial charge on any atom is -0.492 e. The van der Waals surface area contributed by atoms with Crippen LogP contribution in [0.2, 0.25) is 0 Å². The number of fused-ring (bicyclic) bond motifs is 1. The van der Waals surface area contributed by atoms with Gasteiger partial charge in [-0.2, -0.15) is 0 Å². The number of hydrogen-bond acceptors (Lipinski definition) is 5. The van der Waals surface area contributed by atoms with E-state index in [0.29, 0.717) is 35.2 Å². The third-order valence-electron chi connectivity index (χ3n) is 4.88. The van der Waals surface area contributed by atoms with Gasteiger partial charge in [-0.05, 0) is 55.3 Å². The summed E-state index contributed by atoms with van der Waals surface area (Å²) in [6.45, 7) is 4.50. The summed E-state index contributed by atoms with van der Waals surface area (Å²) in [5.74, 6) is 1.60. The summed E-state index contributed by atoms with van der Waals surface area (Å²) < 4.78 is 19.3. The lowest BCUT2D eigenvalue weighted by atomic mass is 10.0. The number of rotatable bonds is 5. The molecule has 0 fully saturated rings. The van der Waals surface area contributed by atoms with E-state index in [4.69, 9.17) is 14.7 Å². The summed E-state index contributed by atoms with van der Waals surface area (Å²) in [4.78, 5) is 14.0. The number of hydrogen-bond donors (Lipinski definition) is 1. The maximum absolute atomic E-state index is 13.4. The number of allylic oxidation sites excluding steroid dienone is 3. The highest BCUT2D eigenvalue weighted by molar-refractivity contribution is 5.97. The van der Waals surface area contributed by atoms with Crippen molar-refractivity contribution in [3.63, 3.8) is 0 Å². The van der Waals surface area contributed by atoms with Gasteiger partial charge in [-0.25, -0.2) is 14.4 Å². The van der Waals surface area contributed by atoms with E-state index in [1.165, 1.54) is 17.7 Å². The Kier molecular flexibility index (Phi) is 5.57. The third-order valence-corrected chi connectivity index (χ3v) is 4.88. The zero-order chi connectivity index (χ0) is 21.1. The first kappa shape index (κ1) is 19.8. The number of anilines is 1. The summed E-state index contributed by atoms with van der Waals surface area (Å²) in [5, 5.41) is 4.00. The molecule has 0 radical (unpaired) electrons. The Hall–Kier alpha value is -3.54. The highest BCUT2D eigenvalue weighted by Crippen LogP contribution is 2.35. The summed E-state index contributed by atoms with van der Waals surface area (Å²) in [6.07, 6.45) is 6.65. The van der Waals surface area contributed by atoms with E-state index in [0.717, 1.165) is 22.9 Å². The molecular formula is C24H23FN4O. The van der Waals surface area contributed by atoms with Crippen LogP contribution in [-0.2, 0) is 0 Å². The van der Waals surface area contributed by atoms with Gasteiger partial charge in [-0.1, -0.05) is 23.8 Å². The molecule has 0 spiro atoms. The molecule has 6 heteroatoms. The standard InChI is InChI=1S/C24H23FN4O/c1-4-30-21-14-17(16-6-8-18(25)9-7-16)13-19-22(21)28-24(29-23(19)26-3)20-10-5-15(2)11-12-27-20/h5-10,12-14H,4,11H2,1-3H3,(H,26,28,29). The number of nitrogens with zero attached hydrogens (tertiary/aromatic N) is 3. The van der Waals surface area contributed by atoms with Gasteiger partial charge in [-0.3, -0.25) is 4.99 Å². The molecule has 4 rings (SSSR count). The van der Waals surface area contributed by atoms with Crippen molar-refractivity contribution < 1.29 is 9.13 Å². The van der Waals surface area contributed by atoms with Gasteiger partial charge >= 0.3 is 0 Å². The molecule has 152 valence electrons. The van der Waals surface area contributed by atoms with Gasteiger partial charge in [0.15, 0.2) is 5.82 Å². The van der Waals surface area contributed by atoms with Crippen LogP contribution in [0.3, 0.4) is 0 Å². The fourth-order valence-electron chi connectivity index (χ4n) is 3.33. The van der Waals surface area contributed by atoms with Gasteiger partial charge in [0.25, 0.3) is 0 Å². The van der Waals surface area contributed by atoms with Crippen LogP contribution in [0.1, 0.15) is 26.1 Å². The topological polar surface area (TPSA) is 59.4 Å². The quantitative estimate of drug-likeness (QED) is 0.600. The van der Waals surface area contributed by atoms with Crippen molar-refractivity contribution in [2.75, 3.05) is 19.0 Å². The average Bonchev–Trinajstić information content (AvgIpc) is 2.98. The molecule has 0 atom stereocenters. The maximum atomic E-state index is 13.4. The molecule has 0 aliphatic carbocycles. The molecule has 30 heavy (non-hydrogen) atoms. The van der Waals surface area contributed by atoms with Crippen molar-refractivity contribution >= 4 is 28.6 Å². The van der Waals surface area contributed by atoms with E-state index in [-0.39, 0.29) is 5.82 Å². The van der Waals surface area contributed by atoms with E-state index in [1.807, 2.05) is 44.5 Å². The van der Waals surface area contributed by atoms with Crippen molar-refractivity contribution in [1.29, 1.82) is 0 Å². The van der Waals surface area contributed by atoms with Gasteiger partial charge in [0.05, 0.1) is 6.61 Å². The van der Waals surface area contributed by atoms with Crippen molar-refractivity contribution in [3.05, 3.63) is 65.8 Å². The SMILES string of the molecule is CCOc1cc(-c2ccc(F)cc2)cc2c(NC)nc(C3=CC=C(C)CC=N3)nc12. The van der Waals surface area contributed by atoms with Gasteiger partial charge in [-0.15, -0.1) is 0 Å². The molecule has 0 unspecified atom stereocenters. The third kappa shape index (κ3) is 3.94. The van der Waals surface area contributed by atoms with Gasteiger partial charge in [0.2, 0.25) is 0 Å². The molecule has 0 saturated heterocycles. The number of halogens is 1. The van der Waals surface area contributed by atoms with Crippen LogP contribution in [0.4, 0.5) is 10.2 Å². The van der Waals surface area contributed by atoms with Gasteiger partial charge in [0, 0.05) is 25.1 Å². The smallest absolute Gasteiger partial charge is 0.180 e. The fraction of sp³-hybridized carbons (Fsp3) is 0.208. The minimum absolute atomic E-state index is 0.269. The zero-order valence-electron chi connectivity index (χ0n) is 17.2. The monoisotopic (exact) mass is 402 g/mol. The molecule has 0 saturated carbocycles. The Morgan fingerprint density at radius 2 is 1.87 bits per heavy atom. The molecule has 1 aliphatic heterocycles. The highest BCUT2D eigenvalue weighted by atomic mass is 19.1. The number of benzene rings is 2. The first-order chi connectivity index (χ1) is 14.6. The molecule has 2 aromatic carbocycles. The molecule has 0 amide bonds. The lowest BCUT2D eigenvalue weighted by molar-refractivity contribution is 0.343. The predicted octanol–water partition coefficient (Wildman–Crippen LogP) is 5.64. The number of nitrogens with one attached hydrogen (secondary N) is 1. The lowest BCUT2D eigenvalue weighted by Gasteiger charge is -2.14. The first-order valence-electron chi connectivity index (χ1n) is 9.91. The normalized spacial score (nSPS) is 13.6. The zero-order valence-corrected chi connectivity index (χ0v) is 17.2. The second kappa shape index (κ2) is 8.45. The Morgan fingerprint density at radius 3 is 2.60 bits per heavy atom. The summed E-state index contributed by atoms with van der Waals surface area (Å²) >= 11 is 0. The summed E-state index contributed by atoms with van der Waals surface area (Å²) in [5.41, 5.74) is 4.43. The molecule has 1 aromatic heterocycles. The summed E-state index contributed by atoms with van der Waals surface area (Å²) in [7, 11) is 1.82. The predicted molar refractivity (Wildman–Crippen MR) is 120 cm³/mol. The molecule has 5 nitrogen and oxygen atoms in total. The fourth-order valence-corrected chi connectivity index (χ4v) is 3.33. The van der Waals surface area contributed by atoms with Crippen LogP contribution in [0, 0.1) is 5.82 Å². The van der Waals surface area contributed by atoms with E-state index < -0.39 is 0 Å². The second-order valence-corrected chi connectivity index (χ2v) is 7.04. The first-order valence-corrected chi connectivity index (χ1v) is 9.91. The van der Waals surface area contributed by atoms with Crippen molar-refractivity contribution in [1.82, 2.24) is 9.97 Å². The Bertz CT molecular complexity index is 1180. The average molecular weight is 402 g/mol. The molecule has 2 heterocycles. The number of aromatic nitrogens is 2. The second-order valence-electron chi connectivity index (χ2n) is 7.04. The van der Waals surface area contributed by atoms with Gasteiger partial charge in [0.1, 0.15) is 28.6 Å². The van der Waals surface area contributed by atoms with Crippen LogP contribution >= 0.6 is 0 Å². The van der Waals surface area contributed by atoms with E-state index >= 15 is 0 Å². The van der Waals surface area contributed by atoms with Crippen LogP contribution in [-0.4, -0.2) is 29.8 Å². The number of ether oxygens (including phenoxy) is 1. The maximum Gasteiger partial charge on any atom is 0.180 e. The molecule has 1 N–H and O–H groups in total. The van der Waals surface area contributed by atoms with Gasteiger partial charge < -0.3 is 10.1 Å². The van der Waals surface area contributed by atoms with Crippen LogP contribution in [0.5, 0.6) is 5.75 Å². The minimum atomic E-state index is -0.269. The molecule has 1 aliphatic rings. The van der Waals surface area contributed by atoms with Crippen molar-refractivity contribution in [2.45, 2.75) is 20.3 Å². The molecule has 3 aromatic rings. The lowest BCUT2D eigenvalue weighted by Crippen LogP contribution is -2.03. The Balaban J connectivity index is 1.93. The van der Waals surface area contributed by atoms with Crippen molar-refractivity contribution in [2.24, 2.45) is 4.99 Å².